The number of aromatic nitrogens is 1. The number of rotatable bonds is 6. The van der Waals surface area contributed by atoms with E-state index in [9.17, 15) is 21.6 Å². The van der Waals surface area contributed by atoms with Crippen molar-refractivity contribution in [2.75, 3.05) is 30.0 Å². The number of fused-ring (bicyclic) bond motifs is 1. The minimum atomic E-state index is -4.39. The van der Waals surface area contributed by atoms with Crippen LogP contribution in [0.5, 0.6) is 0 Å². The lowest BCUT2D eigenvalue weighted by Crippen LogP contribution is -2.41. The zero-order valence-electron chi connectivity index (χ0n) is 20.1. The Bertz CT molecular complexity index is 1390. The maximum absolute atomic E-state index is 13.4. The van der Waals surface area contributed by atoms with Crippen molar-refractivity contribution in [1.29, 1.82) is 0 Å². The van der Waals surface area contributed by atoms with Gasteiger partial charge in [-0.15, -0.1) is 0 Å². The number of hydrogen-bond donors (Lipinski definition) is 3. The fraction of sp³-hybridized carbons (Fsp3) is 0.385. The summed E-state index contributed by atoms with van der Waals surface area (Å²) in [6, 6.07) is 13.9. The molecule has 1 fully saturated rings. The Balaban J connectivity index is 1.57. The Morgan fingerprint density at radius 2 is 1.92 bits per heavy atom. The van der Waals surface area contributed by atoms with Crippen molar-refractivity contribution in [3.63, 3.8) is 0 Å². The summed E-state index contributed by atoms with van der Waals surface area (Å²) >= 11 is 0. The quantitative estimate of drug-likeness (QED) is 0.415. The van der Waals surface area contributed by atoms with Gasteiger partial charge in [0.25, 0.3) is 0 Å². The second-order valence-corrected chi connectivity index (χ2v) is 11.2. The molecule has 3 aromatic rings. The van der Waals surface area contributed by atoms with Gasteiger partial charge in [0.05, 0.1) is 22.7 Å². The number of hydrogen-bond acceptors (Lipinski definition) is 5. The molecule has 3 N–H and O–H groups in total. The number of nitrogens with one attached hydrogen (secondary N) is 3. The number of piperidine rings is 1. The standard InChI is InChI=1S/C26H29F3N4O2S/c1-18-15-20(12-14-30-18)32-24-6-3-7-25-23(24)16-21(33(25)17-26(27,28)29)5-4-13-31-19-8-10-22(11-9-19)36(2,34)35/h3,6-11,16,18,20,30-32H,12-15,17H2,1-2H3. The molecule has 0 spiro atoms. The molecule has 1 aliphatic heterocycles. The van der Waals surface area contributed by atoms with E-state index in [-0.39, 0.29) is 23.2 Å². The number of sulfone groups is 1. The van der Waals surface area contributed by atoms with Crippen LogP contribution < -0.4 is 16.0 Å². The van der Waals surface area contributed by atoms with Crippen LogP contribution in [0.15, 0.2) is 53.4 Å². The minimum Gasteiger partial charge on any atom is -0.382 e. The average Bonchev–Trinajstić information content (AvgIpc) is 3.13. The topological polar surface area (TPSA) is 75.2 Å². The molecule has 2 heterocycles. The highest BCUT2D eigenvalue weighted by molar-refractivity contribution is 7.90. The van der Waals surface area contributed by atoms with Crippen LogP contribution in [0.25, 0.3) is 10.9 Å². The first-order chi connectivity index (χ1) is 17.0. The van der Waals surface area contributed by atoms with E-state index >= 15 is 0 Å². The molecule has 36 heavy (non-hydrogen) atoms. The zero-order valence-corrected chi connectivity index (χ0v) is 20.9. The monoisotopic (exact) mass is 518 g/mol. The van der Waals surface area contributed by atoms with E-state index in [1.807, 2.05) is 6.07 Å². The van der Waals surface area contributed by atoms with Gasteiger partial charge < -0.3 is 20.5 Å². The maximum atomic E-state index is 13.4. The largest absolute Gasteiger partial charge is 0.406 e. The second kappa shape index (κ2) is 10.4. The Kier molecular flexibility index (Phi) is 7.52. The smallest absolute Gasteiger partial charge is 0.382 e. The number of alkyl halides is 3. The minimum absolute atomic E-state index is 0.184. The molecular weight excluding hydrogens is 489 g/mol. The molecule has 0 aliphatic carbocycles. The van der Waals surface area contributed by atoms with Crippen molar-refractivity contribution < 1.29 is 21.6 Å². The lowest BCUT2D eigenvalue weighted by atomic mass is 10.00. The molecule has 0 saturated carbocycles. The summed E-state index contributed by atoms with van der Waals surface area (Å²) in [5, 5.41) is 10.7. The van der Waals surface area contributed by atoms with Crippen molar-refractivity contribution >= 4 is 32.1 Å². The van der Waals surface area contributed by atoms with Gasteiger partial charge in [0, 0.05) is 35.1 Å². The van der Waals surface area contributed by atoms with Crippen molar-refractivity contribution in [3.05, 3.63) is 54.2 Å². The molecule has 4 rings (SSSR count). The number of halogens is 3. The normalized spacial score (nSPS) is 18.5. The Hall–Kier alpha value is -3.16. The summed E-state index contributed by atoms with van der Waals surface area (Å²) in [5.41, 5.74) is 2.23. The van der Waals surface area contributed by atoms with Crippen LogP contribution in [0.2, 0.25) is 0 Å². The predicted octanol–water partition coefficient (Wildman–Crippen LogP) is 4.62. The summed E-state index contributed by atoms with van der Waals surface area (Å²) in [6.07, 6.45) is -1.39. The van der Waals surface area contributed by atoms with Gasteiger partial charge >= 0.3 is 6.18 Å². The number of anilines is 2. The van der Waals surface area contributed by atoms with Crippen molar-refractivity contribution in [3.8, 4) is 11.8 Å². The van der Waals surface area contributed by atoms with E-state index in [1.165, 1.54) is 16.7 Å². The van der Waals surface area contributed by atoms with Gasteiger partial charge in [0.2, 0.25) is 0 Å². The summed E-state index contributed by atoms with van der Waals surface area (Å²) < 4.78 is 64.6. The van der Waals surface area contributed by atoms with Crippen LogP contribution >= 0.6 is 0 Å². The van der Waals surface area contributed by atoms with E-state index in [0.29, 0.717) is 22.6 Å². The van der Waals surface area contributed by atoms with Crippen LogP contribution in [-0.2, 0) is 16.4 Å². The van der Waals surface area contributed by atoms with Crippen LogP contribution in [-0.4, -0.2) is 50.6 Å². The van der Waals surface area contributed by atoms with Gasteiger partial charge in [-0.2, -0.15) is 13.2 Å². The highest BCUT2D eigenvalue weighted by atomic mass is 32.2. The summed E-state index contributed by atoms with van der Waals surface area (Å²) in [6.45, 7) is 2.07. The van der Waals surface area contributed by atoms with E-state index in [2.05, 4.69) is 34.7 Å². The molecule has 1 aromatic heterocycles. The Labute approximate surface area is 209 Å². The third-order valence-electron chi connectivity index (χ3n) is 6.15. The van der Waals surface area contributed by atoms with Crippen LogP contribution in [0.4, 0.5) is 24.5 Å². The lowest BCUT2D eigenvalue weighted by molar-refractivity contribution is -0.140. The Morgan fingerprint density at radius 3 is 2.58 bits per heavy atom. The van der Waals surface area contributed by atoms with Crippen molar-refractivity contribution in [1.82, 2.24) is 9.88 Å². The molecule has 2 atom stereocenters. The van der Waals surface area contributed by atoms with Crippen LogP contribution in [0.3, 0.4) is 0 Å². The molecule has 1 aliphatic rings. The van der Waals surface area contributed by atoms with E-state index in [1.54, 1.807) is 30.3 Å². The van der Waals surface area contributed by atoms with Gasteiger partial charge in [0.15, 0.2) is 9.84 Å². The molecule has 6 nitrogen and oxygen atoms in total. The fourth-order valence-electron chi connectivity index (χ4n) is 4.45. The first-order valence-electron chi connectivity index (χ1n) is 11.7. The van der Waals surface area contributed by atoms with Gasteiger partial charge in [-0.05, 0) is 74.7 Å². The molecule has 2 unspecified atom stereocenters. The average molecular weight is 519 g/mol. The molecule has 0 radical (unpaired) electrons. The van der Waals surface area contributed by atoms with E-state index in [0.717, 1.165) is 31.3 Å². The number of benzene rings is 2. The second-order valence-electron chi connectivity index (χ2n) is 9.14. The SMILES string of the molecule is CC1CC(Nc2cccc3c2cc(C#CCNc2ccc(S(C)(=O)=O)cc2)n3CC(F)(F)F)CCN1. The van der Waals surface area contributed by atoms with Crippen LogP contribution in [0.1, 0.15) is 25.5 Å². The molecule has 192 valence electrons. The zero-order chi connectivity index (χ0) is 25.9. The Morgan fingerprint density at radius 1 is 1.17 bits per heavy atom. The third-order valence-corrected chi connectivity index (χ3v) is 7.27. The number of nitrogens with zero attached hydrogens (tertiary/aromatic N) is 1. The molecule has 0 bridgehead atoms. The fourth-order valence-corrected chi connectivity index (χ4v) is 5.08. The highest BCUT2D eigenvalue weighted by Crippen LogP contribution is 2.31. The van der Waals surface area contributed by atoms with E-state index in [4.69, 9.17) is 0 Å². The molecular formula is C26H29F3N4O2S. The predicted molar refractivity (Wildman–Crippen MR) is 137 cm³/mol. The molecule has 2 aromatic carbocycles. The lowest BCUT2D eigenvalue weighted by Gasteiger charge is -2.29. The summed E-state index contributed by atoms with van der Waals surface area (Å²) in [5.74, 6) is 5.78. The van der Waals surface area contributed by atoms with Crippen LogP contribution in [0, 0.1) is 11.8 Å². The molecule has 10 heteroatoms. The van der Waals surface area contributed by atoms with E-state index < -0.39 is 22.6 Å². The first kappa shape index (κ1) is 25.9. The first-order valence-corrected chi connectivity index (χ1v) is 13.6. The van der Waals surface area contributed by atoms with Gasteiger partial charge in [-0.25, -0.2) is 8.42 Å². The van der Waals surface area contributed by atoms with Crippen molar-refractivity contribution in [2.45, 2.75) is 49.5 Å². The van der Waals surface area contributed by atoms with Gasteiger partial charge in [-0.1, -0.05) is 12.0 Å². The molecule has 1 saturated heterocycles. The molecule has 0 amide bonds. The van der Waals surface area contributed by atoms with Gasteiger partial charge in [-0.3, -0.25) is 0 Å². The third kappa shape index (κ3) is 6.53. The van der Waals surface area contributed by atoms with Gasteiger partial charge in [0.1, 0.15) is 6.54 Å². The highest BCUT2D eigenvalue weighted by Gasteiger charge is 2.30. The summed E-state index contributed by atoms with van der Waals surface area (Å²) in [4.78, 5) is 0.208. The maximum Gasteiger partial charge on any atom is 0.406 e. The summed E-state index contributed by atoms with van der Waals surface area (Å²) in [7, 11) is -3.29. The van der Waals surface area contributed by atoms with Crippen molar-refractivity contribution in [2.24, 2.45) is 0 Å².